The lowest BCUT2D eigenvalue weighted by atomic mass is 9.98. The summed E-state index contributed by atoms with van der Waals surface area (Å²) in [6, 6.07) is 8.19. The number of hydrogen-bond donors (Lipinski definition) is 1. The number of anilines is 1. The first-order valence-electron chi connectivity index (χ1n) is 6.81. The molecule has 0 saturated carbocycles. The minimum Gasteiger partial charge on any atom is -0.316 e. The van der Waals surface area contributed by atoms with Crippen molar-refractivity contribution in [2.75, 3.05) is 24.5 Å². The number of carbonyl (C=O) groups excluding carboxylic acids is 1. The van der Waals surface area contributed by atoms with E-state index in [4.69, 9.17) is 0 Å². The average molecular weight is 246 g/mol. The molecule has 18 heavy (non-hydrogen) atoms. The number of piperidine rings is 1. The summed E-state index contributed by atoms with van der Waals surface area (Å²) in [7, 11) is 0. The van der Waals surface area contributed by atoms with Gasteiger partial charge in [-0.2, -0.15) is 0 Å². The van der Waals surface area contributed by atoms with Crippen LogP contribution in [0.15, 0.2) is 24.3 Å². The van der Waals surface area contributed by atoms with Gasteiger partial charge < -0.3 is 10.2 Å². The molecule has 98 valence electrons. The molecule has 0 aliphatic carbocycles. The fourth-order valence-electron chi connectivity index (χ4n) is 2.47. The molecule has 1 fully saturated rings. The van der Waals surface area contributed by atoms with Crippen LogP contribution in [0.5, 0.6) is 0 Å². The number of benzene rings is 1. The van der Waals surface area contributed by atoms with Crippen molar-refractivity contribution in [2.45, 2.75) is 26.7 Å². The zero-order valence-corrected chi connectivity index (χ0v) is 11.3. The van der Waals surface area contributed by atoms with Crippen LogP contribution < -0.4 is 10.2 Å². The number of amides is 1. The van der Waals surface area contributed by atoms with Gasteiger partial charge in [-0.15, -0.1) is 0 Å². The first-order chi connectivity index (χ1) is 8.72. The van der Waals surface area contributed by atoms with E-state index in [0.29, 0.717) is 0 Å². The molecule has 3 heteroatoms. The smallest absolute Gasteiger partial charge is 0.231 e. The molecule has 1 aromatic rings. The van der Waals surface area contributed by atoms with E-state index >= 15 is 0 Å². The molecule has 1 saturated heterocycles. The molecule has 1 amide bonds. The molecule has 1 atom stereocenters. The number of rotatable bonds is 3. The van der Waals surface area contributed by atoms with E-state index in [2.05, 4.69) is 24.4 Å². The van der Waals surface area contributed by atoms with Gasteiger partial charge in [0.1, 0.15) is 0 Å². The van der Waals surface area contributed by atoms with E-state index in [9.17, 15) is 4.79 Å². The maximum absolute atomic E-state index is 12.5. The van der Waals surface area contributed by atoms with Crippen LogP contribution in [0.2, 0.25) is 0 Å². The van der Waals surface area contributed by atoms with E-state index in [1.54, 1.807) is 0 Å². The van der Waals surface area contributed by atoms with Crippen LogP contribution in [0.1, 0.15) is 25.3 Å². The van der Waals surface area contributed by atoms with Crippen molar-refractivity contribution in [1.82, 2.24) is 5.32 Å². The molecule has 1 aromatic carbocycles. The summed E-state index contributed by atoms with van der Waals surface area (Å²) >= 11 is 0. The highest BCUT2D eigenvalue weighted by molar-refractivity contribution is 5.95. The summed E-state index contributed by atoms with van der Waals surface area (Å²) in [5.41, 5.74) is 2.24. The maximum atomic E-state index is 12.5. The van der Waals surface area contributed by atoms with Crippen LogP contribution in [0.4, 0.5) is 5.69 Å². The lowest BCUT2D eigenvalue weighted by Crippen LogP contribution is -2.43. The summed E-state index contributed by atoms with van der Waals surface area (Å²) in [5, 5.41) is 3.31. The first kappa shape index (κ1) is 13.1. The van der Waals surface area contributed by atoms with Crippen molar-refractivity contribution in [3.05, 3.63) is 29.8 Å². The molecule has 0 unspecified atom stereocenters. The lowest BCUT2D eigenvalue weighted by molar-refractivity contribution is -0.122. The van der Waals surface area contributed by atoms with E-state index in [1.165, 1.54) is 5.56 Å². The van der Waals surface area contributed by atoms with Crippen molar-refractivity contribution < 1.29 is 4.79 Å². The zero-order valence-electron chi connectivity index (χ0n) is 11.3. The molecule has 1 N–H and O–H groups in total. The van der Waals surface area contributed by atoms with E-state index < -0.39 is 0 Å². The Kier molecular flexibility index (Phi) is 4.37. The Hall–Kier alpha value is -1.35. The van der Waals surface area contributed by atoms with Gasteiger partial charge in [0.15, 0.2) is 0 Å². The predicted molar refractivity (Wildman–Crippen MR) is 74.8 cm³/mol. The average Bonchev–Trinajstić information content (AvgIpc) is 2.42. The minimum atomic E-state index is 0.139. The zero-order chi connectivity index (χ0) is 13.0. The number of aryl methyl sites for hydroxylation is 1. The van der Waals surface area contributed by atoms with Crippen molar-refractivity contribution in [3.8, 4) is 0 Å². The predicted octanol–water partition coefficient (Wildman–Crippen LogP) is 2.35. The molecular formula is C15H22N2O. The molecule has 1 heterocycles. The van der Waals surface area contributed by atoms with Crippen LogP contribution in [-0.4, -0.2) is 25.5 Å². The second kappa shape index (κ2) is 6.01. The van der Waals surface area contributed by atoms with Gasteiger partial charge >= 0.3 is 0 Å². The highest BCUT2D eigenvalue weighted by Gasteiger charge is 2.25. The third kappa shape index (κ3) is 2.91. The van der Waals surface area contributed by atoms with Crippen LogP contribution in [0.3, 0.4) is 0 Å². The van der Waals surface area contributed by atoms with Crippen LogP contribution in [0.25, 0.3) is 0 Å². The minimum absolute atomic E-state index is 0.139. The second-order valence-corrected chi connectivity index (χ2v) is 4.96. The molecule has 1 aliphatic heterocycles. The van der Waals surface area contributed by atoms with Gasteiger partial charge in [0.25, 0.3) is 0 Å². The van der Waals surface area contributed by atoms with Gasteiger partial charge in [-0.3, -0.25) is 4.79 Å². The van der Waals surface area contributed by atoms with E-state index in [1.807, 2.05) is 24.0 Å². The summed E-state index contributed by atoms with van der Waals surface area (Å²) in [4.78, 5) is 14.4. The van der Waals surface area contributed by atoms with Gasteiger partial charge in [-0.05, 0) is 45.4 Å². The highest BCUT2D eigenvalue weighted by atomic mass is 16.2. The first-order valence-corrected chi connectivity index (χ1v) is 6.81. The lowest BCUT2D eigenvalue weighted by Gasteiger charge is -2.29. The van der Waals surface area contributed by atoms with Crippen molar-refractivity contribution in [2.24, 2.45) is 5.92 Å². The molecule has 0 bridgehead atoms. The number of nitrogens with zero attached hydrogens (tertiary/aromatic N) is 1. The molecular weight excluding hydrogens is 224 g/mol. The topological polar surface area (TPSA) is 32.3 Å². The fourth-order valence-corrected chi connectivity index (χ4v) is 2.47. The largest absolute Gasteiger partial charge is 0.316 e. The summed E-state index contributed by atoms with van der Waals surface area (Å²) in [5.74, 6) is 0.397. The van der Waals surface area contributed by atoms with Crippen molar-refractivity contribution in [1.29, 1.82) is 0 Å². The SMILES string of the molecule is CCN(C(=O)[C@@H]1CCCNC1)c1ccc(C)cc1. The van der Waals surface area contributed by atoms with Crippen molar-refractivity contribution in [3.63, 3.8) is 0 Å². The van der Waals surface area contributed by atoms with E-state index in [-0.39, 0.29) is 11.8 Å². The molecule has 1 aliphatic rings. The fraction of sp³-hybridized carbons (Fsp3) is 0.533. The number of carbonyl (C=O) groups is 1. The second-order valence-electron chi connectivity index (χ2n) is 4.96. The quantitative estimate of drug-likeness (QED) is 0.888. The summed E-state index contributed by atoms with van der Waals surface area (Å²) in [6.45, 7) is 6.70. The Labute approximate surface area is 109 Å². The van der Waals surface area contributed by atoms with Gasteiger partial charge in [0.05, 0.1) is 5.92 Å². The Balaban J connectivity index is 2.12. The molecule has 0 radical (unpaired) electrons. The van der Waals surface area contributed by atoms with Crippen LogP contribution in [-0.2, 0) is 4.79 Å². The third-order valence-electron chi connectivity index (χ3n) is 3.57. The van der Waals surface area contributed by atoms with Gasteiger partial charge in [0.2, 0.25) is 5.91 Å². The van der Waals surface area contributed by atoms with Gasteiger partial charge in [-0.25, -0.2) is 0 Å². The Morgan fingerprint density at radius 3 is 2.67 bits per heavy atom. The maximum Gasteiger partial charge on any atom is 0.231 e. The van der Waals surface area contributed by atoms with Gasteiger partial charge in [-0.1, -0.05) is 17.7 Å². The number of nitrogens with one attached hydrogen (secondary N) is 1. The standard InChI is InChI=1S/C15H22N2O/c1-3-17(14-8-6-12(2)7-9-14)15(18)13-5-4-10-16-11-13/h6-9,13,16H,3-5,10-11H2,1-2H3/t13-/m1/s1. The van der Waals surface area contributed by atoms with Crippen LogP contribution in [0, 0.1) is 12.8 Å². The molecule has 3 nitrogen and oxygen atoms in total. The Morgan fingerprint density at radius 2 is 2.11 bits per heavy atom. The van der Waals surface area contributed by atoms with Crippen molar-refractivity contribution >= 4 is 11.6 Å². The molecule has 0 spiro atoms. The van der Waals surface area contributed by atoms with E-state index in [0.717, 1.165) is 38.2 Å². The highest BCUT2D eigenvalue weighted by Crippen LogP contribution is 2.20. The number of hydrogen-bond acceptors (Lipinski definition) is 2. The molecule has 2 rings (SSSR count). The van der Waals surface area contributed by atoms with Gasteiger partial charge in [0, 0.05) is 18.8 Å². The monoisotopic (exact) mass is 246 g/mol. The normalized spacial score (nSPS) is 19.6. The van der Waals surface area contributed by atoms with Crippen LogP contribution >= 0.6 is 0 Å². The summed E-state index contributed by atoms with van der Waals surface area (Å²) in [6.07, 6.45) is 2.11. The molecule has 0 aromatic heterocycles. The summed E-state index contributed by atoms with van der Waals surface area (Å²) < 4.78 is 0. The Morgan fingerprint density at radius 1 is 1.39 bits per heavy atom. The third-order valence-corrected chi connectivity index (χ3v) is 3.57. The Bertz CT molecular complexity index is 393.